The first-order chi connectivity index (χ1) is 11.2. The zero-order chi connectivity index (χ0) is 16.1. The summed E-state index contributed by atoms with van der Waals surface area (Å²) in [5.41, 5.74) is -0.421. The lowest BCUT2D eigenvalue weighted by molar-refractivity contribution is 0.0951. The minimum absolute atomic E-state index is 0.0169. The molecule has 0 spiro atoms. The molecule has 1 amide bonds. The third kappa shape index (κ3) is 3.75. The molecular weight excluding hydrogens is 314 g/mol. The summed E-state index contributed by atoms with van der Waals surface area (Å²) in [5, 5.41) is 4.62. The Bertz CT molecular complexity index is 823. The molecule has 0 aliphatic heterocycles. The molecule has 0 saturated heterocycles. The summed E-state index contributed by atoms with van der Waals surface area (Å²) in [5.74, 6) is 0.925. The Morgan fingerprint density at radius 1 is 1.35 bits per heavy atom. The number of thiophene rings is 1. The molecule has 3 heterocycles. The number of aromatic nitrogens is 2. The van der Waals surface area contributed by atoms with Crippen molar-refractivity contribution >= 4 is 17.2 Å². The second-order valence-corrected chi connectivity index (χ2v) is 5.84. The van der Waals surface area contributed by atoms with Crippen LogP contribution in [0.5, 0.6) is 0 Å². The second kappa shape index (κ2) is 7.06. The fraction of sp³-hybridized carbons (Fsp3) is 0.188. The van der Waals surface area contributed by atoms with Crippen LogP contribution in [-0.4, -0.2) is 22.4 Å². The molecule has 3 aromatic rings. The van der Waals surface area contributed by atoms with Gasteiger partial charge in [-0.05, 0) is 30.0 Å². The molecule has 0 bridgehead atoms. The van der Waals surface area contributed by atoms with Crippen LogP contribution in [-0.2, 0) is 6.42 Å². The molecule has 0 atom stereocenters. The fourth-order valence-electron chi connectivity index (χ4n) is 2.11. The number of rotatable bonds is 6. The Morgan fingerprint density at radius 2 is 2.26 bits per heavy atom. The van der Waals surface area contributed by atoms with Crippen molar-refractivity contribution in [3.05, 3.63) is 63.8 Å². The number of hydrogen-bond acceptors (Lipinski definition) is 5. The number of H-pyrrole nitrogens is 1. The van der Waals surface area contributed by atoms with Gasteiger partial charge in [0.15, 0.2) is 0 Å². The maximum Gasteiger partial charge on any atom is 0.264 e. The first-order valence-electron chi connectivity index (χ1n) is 7.18. The van der Waals surface area contributed by atoms with E-state index in [2.05, 4.69) is 15.3 Å². The number of furan rings is 1. The Balaban J connectivity index is 1.58. The molecule has 3 rings (SSSR count). The Hall–Kier alpha value is -2.67. The molecule has 0 radical (unpaired) electrons. The molecule has 0 saturated carbocycles. The van der Waals surface area contributed by atoms with Gasteiger partial charge in [-0.2, -0.15) is 0 Å². The first-order valence-corrected chi connectivity index (χ1v) is 8.06. The molecular formula is C16H15N3O3S. The Labute approximate surface area is 136 Å². The van der Waals surface area contributed by atoms with Gasteiger partial charge in [-0.15, -0.1) is 11.3 Å². The zero-order valence-corrected chi connectivity index (χ0v) is 13.1. The van der Waals surface area contributed by atoms with Gasteiger partial charge in [0.25, 0.3) is 11.5 Å². The van der Waals surface area contributed by atoms with Crippen LogP contribution >= 0.6 is 11.3 Å². The van der Waals surface area contributed by atoms with E-state index in [1.54, 1.807) is 6.26 Å². The van der Waals surface area contributed by atoms with Gasteiger partial charge in [-0.3, -0.25) is 9.59 Å². The van der Waals surface area contributed by atoms with Crippen molar-refractivity contribution in [2.45, 2.75) is 12.8 Å². The van der Waals surface area contributed by atoms with Crippen LogP contribution in [0, 0.1) is 0 Å². The summed E-state index contributed by atoms with van der Waals surface area (Å²) in [6, 6.07) is 7.45. The average molecular weight is 329 g/mol. The van der Waals surface area contributed by atoms with Crippen molar-refractivity contribution in [2.24, 2.45) is 0 Å². The van der Waals surface area contributed by atoms with Crippen LogP contribution in [0.3, 0.4) is 0 Å². The highest BCUT2D eigenvalue weighted by atomic mass is 32.1. The third-order valence-corrected chi connectivity index (χ3v) is 4.14. The van der Waals surface area contributed by atoms with Crippen LogP contribution in [0.2, 0.25) is 0 Å². The number of carbonyl (C=O) groups excluding carboxylic acids is 1. The third-order valence-electron chi connectivity index (χ3n) is 3.26. The number of nitrogens with one attached hydrogen (secondary N) is 2. The maximum atomic E-state index is 12.0. The largest absolute Gasteiger partial charge is 0.469 e. The Kier molecular flexibility index (Phi) is 4.68. The quantitative estimate of drug-likeness (QED) is 0.680. The van der Waals surface area contributed by atoms with Gasteiger partial charge in [-0.1, -0.05) is 6.07 Å². The summed E-state index contributed by atoms with van der Waals surface area (Å²) in [7, 11) is 0. The topological polar surface area (TPSA) is 88.0 Å². The molecule has 118 valence electrons. The van der Waals surface area contributed by atoms with Crippen molar-refractivity contribution in [1.29, 1.82) is 0 Å². The molecule has 6 nitrogen and oxygen atoms in total. The maximum absolute atomic E-state index is 12.0. The predicted molar refractivity (Wildman–Crippen MR) is 87.5 cm³/mol. The smallest absolute Gasteiger partial charge is 0.264 e. The van der Waals surface area contributed by atoms with Gasteiger partial charge in [0.2, 0.25) is 0 Å². The lowest BCUT2D eigenvalue weighted by atomic mass is 10.2. The molecule has 2 N–H and O–H groups in total. The van der Waals surface area contributed by atoms with Gasteiger partial charge in [0, 0.05) is 19.2 Å². The van der Waals surface area contributed by atoms with Crippen LogP contribution in [0.25, 0.3) is 10.7 Å². The van der Waals surface area contributed by atoms with Gasteiger partial charge in [0.1, 0.15) is 17.1 Å². The average Bonchev–Trinajstić information content (AvgIpc) is 3.24. The fourth-order valence-corrected chi connectivity index (χ4v) is 2.79. The summed E-state index contributed by atoms with van der Waals surface area (Å²) >= 11 is 1.47. The molecule has 7 heteroatoms. The van der Waals surface area contributed by atoms with Crippen molar-refractivity contribution < 1.29 is 9.21 Å². The number of hydrogen-bond donors (Lipinski definition) is 2. The number of carbonyl (C=O) groups is 1. The summed E-state index contributed by atoms with van der Waals surface area (Å²) in [6.07, 6.45) is 4.40. The first kappa shape index (κ1) is 15.2. The summed E-state index contributed by atoms with van der Waals surface area (Å²) < 4.78 is 5.22. The highest BCUT2D eigenvalue weighted by Crippen LogP contribution is 2.19. The van der Waals surface area contributed by atoms with Gasteiger partial charge in [-0.25, -0.2) is 4.98 Å². The van der Waals surface area contributed by atoms with Gasteiger partial charge in [0.05, 0.1) is 11.1 Å². The molecule has 3 aromatic heterocycles. The van der Waals surface area contributed by atoms with Gasteiger partial charge >= 0.3 is 0 Å². The van der Waals surface area contributed by atoms with Crippen molar-refractivity contribution in [1.82, 2.24) is 15.3 Å². The van der Waals surface area contributed by atoms with Gasteiger partial charge < -0.3 is 14.7 Å². The van der Waals surface area contributed by atoms with Crippen LogP contribution in [0.1, 0.15) is 22.5 Å². The van der Waals surface area contributed by atoms with E-state index in [1.165, 1.54) is 17.5 Å². The van der Waals surface area contributed by atoms with E-state index in [-0.39, 0.29) is 5.56 Å². The Morgan fingerprint density at radius 3 is 2.96 bits per heavy atom. The molecule has 0 aliphatic rings. The number of amides is 1. The van der Waals surface area contributed by atoms with E-state index < -0.39 is 11.5 Å². The normalized spacial score (nSPS) is 10.6. The molecule has 23 heavy (non-hydrogen) atoms. The SMILES string of the molecule is O=C(NCCCc1ccco1)c1cnc(-c2cccs2)[nH]c1=O. The van der Waals surface area contributed by atoms with Crippen LogP contribution in [0.4, 0.5) is 0 Å². The number of aryl methyl sites for hydroxylation is 1. The van der Waals surface area contributed by atoms with Crippen molar-refractivity contribution in [3.8, 4) is 10.7 Å². The standard InChI is InChI=1S/C16H15N3O3S/c20-15(17-7-1-4-11-5-2-8-22-11)12-10-18-14(19-16(12)21)13-6-3-9-23-13/h2-3,5-6,8-10H,1,4,7H2,(H,17,20)(H,18,19,21). The highest BCUT2D eigenvalue weighted by molar-refractivity contribution is 7.13. The molecule has 0 fully saturated rings. The monoisotopic (exact) mass is 329 g/mol. The lowest BCUT2D eigenvalue weighted by Crippen LogP contribution is -2.30. The van der Waals surface area contributed by atoms with E-state index in [4.69, 9.17) is 4.42 Å². The zero-order valence-electron chi connectivity index (χ0n) is 12.2. The minimum atomic E-state index is -0.438. The van der Waals surface area contributed by atoms with Crippen LogP contribution in [0.15, 0.2) is 51.3 Å². The molecule has 0 aromatic carbocycles. The van der Waals surface area contributed by atoms with Crippen LogP contribution < -0.4 is 10.9 Å². The van der Waals surface area contributed by atoms with E-state index in [0.29, 0.717) is 12.4 Å². The van der Waals surface area contributed by atoms with E-state index in [1.807, 2.05) is 29.6 Å². The minimum Gasteiger partial charge on any atom is -0.469 e. The number of nitrogens with zero attached hydrogens (tertiary/aromatic N) is 1. The van der Waals surface area contributed by atoms with Crippen molar-refractivity contribution in [2.75, 3.05) is 6.54 Å². The summed E-state index contributed by atoms with van der Waals surface area (Å²) in [6.45, 7) is 0.464. The van der Waals surface area contributed by atoms with E-state index in [0.717, 1.165) is 23.5 Å². The molecule has 0 aliphatic carbocycles. The molecule has 0 unspecified atom stereocenters. The summed E-state index contributed by atoms with van der Waals surface area (Å²) in [4.78, 5) is 31.7. The van der Waals surface area contributed by atoms with Crippen molar-refractivity contribution in [3.63, 3.8) is 0 Å². The van der Waals surface area contributed by atoms with E-state index >= 15 is 0 Å². The number of aromatic amines is 1. The predicted octanol–water partition coefficient (Wildman–Crippen LogP) is 2.45. The second-order valence-electron chi connectivity index (χ2n) is 4.89. The highest BCUT2D eigenvalue weighted by Gasteiger charge is 2.12. The van der Waals surface area contributed by atoms with E-state index in [9.17, 15) is 9.59 Å². The lowest BCUT2D eigenvalue weighted by Gasteiger charge is -2.04.